The molecule has 2 aliphatic rings. The number of pyridine rings is 1. The van der Waals surface area contributed by atoms with Crippen molar-refractivity contribution in [2.45, 2.75) is 12.5 Å². The molecule has 9 nitrogen and oxygen atoms in total. The van der Waals surface area contributed by atoms with Crippen molar-refractivity contribution < 1.29 is 14.6 Å². The number of ether oxygens (including phenoxy) is 1. The molecule has 1 aromatic carbocycles. The Hall–Kier alpha value is -3.75. The number of hydrogen-bond donors (Lipinski definition) is 1. The van der Waals surface area contributed by atoms with Gasteiger partial charge >= 0.3 is 6.09 Å². The lowest BCUT2D eigenvalue weighted by Crippen LogP contribution is -2.28. The van der Waals surface area contributed by atoms with E-state index >= 15 is 0 Å². The number of aliphatic hydroxyl groups excluding tert-OH is 1. The number of benzene rings is 1. The third kappa shape index (κ3) is 2.07. The minimum atomic E-state index is -0.464. The molecule has 2 aromatic heterocycles. The monoisotopic (exact) mass is 348 g/mol. The van der Waals surface area contributed by atoms with Crippen LogP contribution in [0.2, 0.25) is 0 Å². The maximum Gasteiger partial charge on any atom is 0.420 e. The molecule has 2 aliphatic heterocycles. The van der Waals surface area contributed by atoms with Crippen molar-refractivity contribution in [3.05, 3.63) is 60.4 Å². The Morgan fingerprint density at radius 1 is 1.23 bits per heavy atom. The van der Waals surface area contributed by atoms with Crippen LogP contribution in [0.4, 0.5) is 10.5 Å². The molecule has 128 valence electrons. The quantitative estimate of drug-likeness (QED) is 0.706. The molecular formula is C17H12N6O3. The number of cyclic esters (lactones) is 1. The zero-order chi connectivity index (χ0) is 17.7. The van der Waals surface area contributed by atoms with Gasteiger partial charge in [-0.2, -0.15) is 4.68 Å². The molecule has 1 amide bonds. The van der Waals surface area contributed by atoms with Gasteiger partial charge in [-0.25, -0.2) is 9.78 Å². The number of nitrogens with zero attached hydrogens (tertiary/aromatic N) is 6. The summed E-state index contributed by atoms with van der Waals surface area (Å²) in [4.78, 5) is 18.0. The highest BCUT2D eigenvalue weighted by Crippen LogP contribution is 2.41. The summed E-state index contributed by atoms with van der Waals surface area (Å²) in [5.74, 6) is 0.904. The minimum Gasteiger partial charge on any atom is -0.512 e. The zero-order valence-electron chi connectivity index (χ0n) is 13.4. The van der Waals surface area contributed by atoms with Crippen molar-refractivity contribution in [1.29, 1.82) is 0 Å². The van der Waals surface area contributed by atoms with Crippen molar-refractivity contribution >= 4 is 11.8 Å². The van der Waals surface area contributed by atoms with Crippen LogP contribution in [0.1, 0.15) is 5.56 Å². The second kappa shape index (κ2) is 5.38. The van der Waals surface area contributed by atoms with Crippen LogP contribution in [-0.4, -0.2) is 42.4 Å². The Kier molecular flexibility index (Phi) is 3.02. The maximum absolute atomic E-state index is 12.0. The van der Waals surface area contributed by atoms with E-state index in [4.69, 9.17) is 4.74 Å². The molecule has 9 heteroatoms. The molecule has 4 heterocycles. The summed E-state index contributed by atoms with van der Waals surface area (Å²) in [6.07, 6.45) is 4.22. The molecule has 0 radical (unpaired) electrons. The van der Waals surface area contributed by atoms with Gasteiger partial charge in [0.2, 0.25) is 0 Å². The molecule has 3 aromatic rings. The summed E-state index contributed by atoms with van der Waals surface area (Å²) in [5, 5.41) is 20.3. The topological polar surface area (TPSA) is 106 Å². The van der Waals surface area contributed by atoms with Crippen LogP contribution in [-0.2, 0) is 11.2 Å². The van der Waals surface area contributed by atoms with E-state index in [1.165, 1.54) is 11.0 Å². The summed E-state index contributed by atoms with van der Waals surface area (Å²) < 4.78 is 6.55. The van der Waals surface area contributed by atoms with E-state index in [1.54, 1.807) is 11.1 Å². The first kappa shape index (κ1) is 14.6. The number of hydrogen-bond acceptors (Lipinski definition) is 7. The van der Waals surface area contributed by atoms with E-state index in [-0.39, 0.29) is 11.8 Å². The highest BCUT2D eigenvalue weighted by Gasteiger charge is 2.44. The summed E-state index contributed by atoms with van der Waals surface area (Å²) in [6.45, 7) is 0. The number of amides is 1. The first-order chi connectivity index (χ1) is 12.7. The third-order valence-corrected chi connectivity index (χ3v) is 4.59. The van der Waals surface area contributed by atoms with Crippen molar-refractivity contribution in [3.8, 4) is 16.9 Å². The Morgan fingerprint density at radius 2 is 2.12 bits per heavy atom. The minimum absolute atomic E-state index is 0.278. The van der Waals surface area contributed by atoms with E-state index < -0.39 is 6.09 Å². The number of rotatable bonds is 2. The molecule has 26 heavy (non-hydrogen) atoms. The van der Waals surface area contributed by atoms with Crippen molar-refractivity contribution in [1.82, 2.24) is 25.2 Å². The van der Waals surface area contributed by atoms with Gasteiger partial charge in [0, 0.05) is 18.2 Å². The molecule has 5 rings (SSSR count). The second-order valence-corrected chi connectivity index (χ2v) is 5.99. The third-order valence-electron chi connectivity index (χ3n) is 4.59. The summed E-state index contributed by atoms with van der Waals surface area (Å²) in [7, 11) is 0. The SMILES string of the molecule is O=C1O/C(=C\O)[C@@H]2Cc3cc(-c4ccc(-n5cnnn5)nc4)ccc3N12. The fraction of sp³-hybridized carbons (Fsp3) is 0.118. The largest absolute Gasteiger partial charge is 0.512 e. The van der Waals surface area contributed by atoms with Gasteiger partial charge in [0.15, 0.2) is 11.6 Å². The van der Waals surface area contributed by atoms with E-state index in [2.05, 4.69) is 20.5 Å². The van der Waals surface area contributed by atoms with E-state index in [1.807, 2.05) is 30.3 Å². The molecule has 0 unspecified atom stereocenters. The van der Waals surface area contributed by atoms with Crippen LogP contribution in [0.25, 0.3) is 16.9 Å². The van der Waals surface area contributed by atoms with Crippen LogP contribution in [0, 0.1) is 0 Å². The maximum atomic E-state index is 12.0. The van der Waals surface area contributed by atoms with Gasteiger partial charge in [-0.15, -0.1) is 5.10 Å². The average molecular weight is 348 g/mol. The Morgan fingerprint density at radius 3 is 2.85 bits per heavy atom. The highest BCUT2D eigenvalue weighted by molar-refractivity contribution is 5.96. The van der Waals surface area contributed by atoms with E-state index in [9.17, 15) is 9.90 Å². The van der Waals surface area contributed by atoms with Gasteiger partial charge in [0.1, 0.15) is 18.6 Å². The first-order valence-electron chi connectivity index (χ1n) is 7.92. The lowest BCUT2D eigenvalue weighted by molar-refractivity contribution is 0.195. The highest BCUT2D eigenvalue weighted by atomic mass is 16.6. The average Bonchev–Trinajstić information content (AvgIpc) is 3.38. The first-order valence-corrected chi connectivity index (χ1v) is 7.92. The Balaban J connectivity index is 1.48. The lowest BCUT2D eigenvalue weighted by Gasteiger charge is -2.12. The number of carbonyl (C=O) groups excluding carboxylic acids is 1. The van der Waals surface area contributed by atoms with Crippen molar-refractivity contribution in [2.24, 2.45) is 0 Å². The molecule has 1 atom stereocenters. The van der Waals surface area contributed by atoms with Crippen molar-refractivity contribution in [3.63, 3.8) is 0 Å². The summed E-state index contributed by atoms with van der Waals surface area (Å²) >= 11 is 0. The van der Waals surface area contributed by atoms with Gasteiger partial charge in [-0.05, 0) is 45.8 Å². The zero-order valence-corrected chi connectivity index (χ0v) is 13.4. The smallest absolute Gasteiger partial charge is 0.420 e. The Bertz CT molecular complexity index is 1030. The molecule has 0 spiro atoms. The fourth-order valence-corrected chi connectivity index (χ4v) is 3.37. The van der Waals surface area contributed by atoms with Crippen molar-refractivity contribution in [2.75, 3.05) is 4.90 Å². The van der Waals surface area contributed by atoms with Gasteiger partial charge in [0.05, 0.1) is 5.69 Å². The van der Waals surface area contributed by atoms with Crippen LogP contribution < -0.4 is 4.90 Å². The van der Waals surface area contributed by atoms with Gasteiger partial charge in [-0.1, -0.05) is 6.07 Å². The number of aromatic nitrogens is 5. The Labute approximate surface area is 147 Å². The predicted octanol–water partition coefficient (Wildman–Crippen LogP) is 2.00. The summed E-state index contributed by atoms with van der Waals surface area (Å²) in [6, 6.07) is 9.35. The molecule has 1 fully saturated rings. The molecule has 0 bridgehead atoms. The van der Waals surface area contributed by atoms with Crippen LogP contribution >= 0.6 is 0 Å². The number of aliphatic hydroxyl groups is 1. The molecule has 1 saturated heterocycles. The van der Waals surface area contributed by atoms with E-state index in [0.717, 1.165) is 28.6 Å². The molecule has 0 saturated carbocycles. The number of anilines is 1. The van der Waals surface area contributed by atoms with Gasteiger partial charge in [0.25, 0.3) is 0 Å². The number of tetrazole rings is 1. The van der Waals surface area contributed by atoms with Crippen LogP contribution in [0.15, 0.2) is 54.9 Å². The van der Waals surface area contributed by atoms with E-state index in [0.29, 0.717) is 12.2 Å². The normalized spacial score (nSPS) is 19.5. The van der Waals surface area contributed by atoms with Gasteiger partial charge in [-0.3, -0.25) is 4.90 Å². The van der Waals surface area contributed by atoms with Gasteiger partial charge < -0.3 is 9.84 Å². The number of fused-ring (bicyclic) bond motifs is 3. The molecule has 0 aliphatic carbocycles. The lowest BCUT2D eigenvalue weighted by atomic mass is 10.0. The fourth-order valence-electron chi connectivity index (χ4n) is 3.37. The summed E-state index contributed by atoms with van der Waals surface area (Å²) in [5.41, 5.74) is 3.76. The van der Waals surface area contributed by atoms with Crippen LogP contribution in [0.5, 0.6) is 0 Å². The second-order valence-electron chi connectivity index (χ2n) is 5.99. The standard InChI is InChI=1S/C17H12N6O3/c24-8-15-14-6-12-5-10(1-3-13(12)23(14)17(25)26-15)11-2-4-16(18-7-11)22-9-19-20-21-22/h1-5,7-9,14,24H,6H2/b15-8-/t14-/m0/s1. The predicted molar refractivity (Wildman–Crippen MR) is 89.5 cm³/mol. The molecular weight excluding hydrogens is 336 g/mol. The number of carbonyl (C=O) groups is 1. The molecule has 1 N–H and O–H groups in total. The van der Waals surface area contributed by atoms with Crippen LogP contribution in [0.3, 0.4) is 0 Å².